The minimum atomic E-state index is -1.05. The van der Waals surface area contributed by atoms with Crippen LogP contribution in [0, 0.1) is 0 Å². The van der Waals surface area contributed by atoms with Crippen molar-refractivity contribution in [3.8, 4) is 11.5 Å². The molecule has 2 aliphatic rings. The summed E-state index contributed by atoms with van der Waals surface area (Å²) in [7, 11) is 0. The average Bonchev–Trinajstić information content (AvgIpc) is 2.71. The molecule has 6 atom stereocenters. The molecule has 0 aliphatic carbocycles. The number of rotatable bonds is 3. The van der Waals surface area contributed by atoms with Crippen LogP contribution >= 0.6 is 0 Å². The Balaban J connectivity index is 1.57. The Kier molecular flexibility index (Phi) is 5.49. The lowest BCUT2D eigenvalue weighted by Crippen LogP contribution is -2.57. The van der Waals surface area contributed by atoms with E-state index in [4.69, 9.17) is 18.9 Å². The van der Waals surface area contributed by atoms with Crippen LogP contribution in [0.3, 0.4) is 0 Å². The summed E-state index contributed by atoms with van der Waals surface area (Å²) >= 11 is 0. The second-order valence-electron chi connectivity index (χ2n) is 6.80. The molecule has 8 nitrogen and oxygen atoms in total. The Hall–Kier alpha value is -2.20. The Morgan fingerprint density at radius 3 is 1.93 bits per heavy atom. The molecule has 150 valence electrons. The lowest BCUT2D eigenvalue weighted by atomic mass is 10.00. The van der Waals surface area contributed by atoms with E-state index in [9.17, 15) is 20.4 Å². The maximum atomic E-state index is 10.6. The first kappa shape index (κ1) is 19.1. The van der Waals surface area contributed by atoms with E-state index in [0.29, 0.717) is 11.1 Å². The summed E-state index contributed by atoms with van der Waals surface area (Å²) in [5, 5.41) is 39.4. The third-order valence-electron chi connectivity index (χ3n) is 4.88. The second kappa shape index (κ2) is 8.04. The molecule has 2 saturated heterocycles. The van der Waals surface area contributed by atoms with E-state index in [-0.39, 0.29) is 18.1 Å². The van der Waals surface area contributed by atoms with Crippen molar-refractivity contribution in [2.45, 2.75) is 37.0 Å². The molecular weight excluding hydrogens is 368 g/mol. The van der Waals surface area contributed by atoms with E-state index < -0.39 is 43.6 Å². The highest BCUT2D eigenvalue weighted by Gasteiger charge is 2.46. The highest BCUT2D eigenvalue weighted by atomic mass is 16.8. The number of aliphatic hydroxyl groups is 2. The van der Waals surface area contributed by atoms with Gasteiger partial charge in [0.25, 0.3) is 0 Å². The SMILES string of the molecule is OC[C@@H]1OC(c2ccc(O)cc2)OC[C@H]2OC(c3ccc(O)cc3)O[C@@H]1[C@H]2O. The predicted octanol–water partition coefficient (Wildman–Crippen LogP) is 1.35. The fourth-order valence-electron chi connectivity index (χ4n) is 3.35. The molecule has 2 heterocycles. The van der Waals surface area contributed by atoms with Crippen molar-refractivity contribution in [3.05, 3.63) is 59.7 Å². The van der Waals surface area contributed by atoms with Crippen LogP contribution in [0.4, 0.5) is 0 Å². The average molecular weight is 390 g/mol. The summed E-state index contributed by atoms with van der Waals surface area (Å²) in [6.07, 6.45) is -5.06. The van der Waals surface area contributed by atoms with Crippen LogP contribution in [0.5, 0.6) is 11.5 Å². The number of aliphatic hydroxyl groups excluding tert-OH is 2. The third kappa shape index (κ3) is 3.83. The normalized spacial score (nSPS) is 33.1. The molecule has 4 rings (SSSR count). The van der Waals surface area contributed by atoms with E-state index in [1.54, 1.807) is 24.3 Å². The number of fused-ring (bicyclic) bond motifs is 2. The molecule has 2 aliphatic heterocycles. The van der Waals surface area contributed by atoms with Crippen molar-refractivity contribution < 1.29 is 39.4 Å². The van der Waals surface area contributed by atoms with E-state index >= 15 is 0 Å². The van der Waals surface area contributed by atoms with Crippen molar-refractivity contribution in [3.63, 3.8) is 0 Å². The maximum Gasteiger partial charge on any atom is 0.184 e. The van der Waals surface area contributed by atoms with Gasteiger partial charge < -0.3 is 39.4 Å². The van der Waals surface area contributed by atoms with E-state index in [2.05, 4.69) is 0 Å². The molecule has 28 heavy (non-hydrogen) atoms. The van der Waals surface area contributed by atoms with Gasteiger partial charge in [-0.1, -0.05) is 24.3 Å². The van der Waals surface area contributed by atoms with Crippen molar-refractivity contribution in [2.75, 3.05) is 13.2 Å². The van der Waals surface area contributed by atoms with Crippen LogP contribution in [0.25, 0.3) is 0 Å². The number of benzene rings is 2. The molecule has 2 bridgehead atoms. The molecule has 0 radical (unpaired) electrons. The number of hydrogen-bond acceptors (Lipinski definition) is 8. The van der Waals surface area contributed by atoms with Gasteiger partial charge in [-0.3, -0.25) is 0 Å². The molecule has 4 N–H and O–H groups in total. The van der Waals surface area contributed by atoms with Crippen molar-refractivity contribution in [1.29, 1.82) is 0 Å². The number of phenolic OH excluding ortho intramolecular Hbond substituents is 2. The molecule has 0 saturated carbocycles. The van der Waals surface area contributed by atoms with Crippen LogP contribution in [0.1, 0.15) is 23.7 Å². The van der Waals surface area contributed by atoms with Crippen molar-refractivity contribution in [2.24, 2.45) is 0 Å². The van der Waals surface area contributed by atoms with Crippen LogP contribution < -0.4 is 0 Å². The van der Waals surface area contributed by atoms with Gasteiger partial charge in [0.15, 0.2) is 12.6 Å². The summed E-state index contributed by atoms with van der Waals surface area (Å²) in [5.41, 5.74) is 1.31. The van der Waals surface area contributed by atoms with E-state index in [1.807, 2.05) is 0 Å². The number of hydrogen-bond donors (Lipinski definition) is 4. The van der Waals surface area contributed by atoms with Crippen molar-refractivity contribution in [1.82, 2.24) is 0 Å². The van der Waals surface area contributed by atoms with Crippen molar-refractivity contribution >= 4 is 0 Å². The Bertz CT molecular complexity index is 732. The minimum Gasteiger partial charge on any atom is -0.508 e. The Labute approximate surface area is 161 Å². The maximum absolute atomic E-state index is 10.6. The molecule has 2 aromatic rings. The molecule has 0 spiro atoms. The third-order valence-corrected chi connectivity index (χ3v) is 4.88. The standard InChI is InChI=1S/C20H22O8/c21-9-15-18-17(24)16(27-20(28-18)12-3-7-14(23)8-4-12)10-25-19(26-15)11-1-5-13(22)6-2-11/h1-8,15-24H,9-10H2/t15-,16+,17-,18-,19?,20?/m0/s1. The topological polar surface area (TPSA) is 118 Å². The number of ether oxygens (including phenoxy) is 4. The molecule has 0 aromatic heterocycles. The lowest BCUT2D eigenvalue weighted by Gasteiger charge is -2.45. The van der Waals surface area contributed by atoms with Gasteiger partial charge in [-0.2, -0.15) is 0 Å². The zero-order chi connectivity index (χ0) is 19.7. The number of aromatic hydroxyl groups is 2. The van der Waals surface area contributed by atoms with Gasteiger partial charge >= 0.3 is 0 Å². The van der Waals surface area contributed by atoms with E-state index in [1.165, 1.54) is 24.3 Å². The summed E-state index contributed by atoms with van der Waals surface area (Å²) in [6, 6.07) is 12.7. The molecular formula is C20H22O8. The fraction of sp³-hybridized carbons (Fsp3) is 0.400. The van der Waals surface area contributed by atoms with Crippen LogP contribution in [0.2, 0.25) is 0 Å². The first-order chi connectivity index (χ1) is 13.5. The smallest absolute Gasteiger partial charge is 0.184 e. The van der Waals surface area contributed by atoms with Gasteiger partial charge in [-0.15, -0.1) is 0 Å². The number of phenols is 2. The van der Waals surface area contributed by atoms with Gasteiger partial charge in [-0.25, -0.2) is 0 Å². The molecule has 2 aromatic carbocycles. The summed E-state index contributed by atoms with van der Waals surface area (Å²) < 4.78 is 23.5. The fourth-order valence-corrected chi connectivity index (χ4v) is 3.35. The molecule has 2 fully saturated rings. The van der Waals surface area contributed by atoms with Gasteiger partial charge in [0.05, 0.1) is 13.2 Å². The zero-order valence-corrected chi connectivity index (χ0v) is 14.9. The second-order valence-corrected chi connectivity index (χ2v) is 6.80. The van der Waals surface area contributed by atoms with Crippen LogP contribution in [-0.2, 0) is 18.9 Å². The van der Waals surface area contributed by atoms with Gasteiger partial charge in [0, 0.05) is 11.1 Å². The van der Waals surface area contributed by atoms with Gasteiger partial charge in [0.1, 0.15) is 35.9 Å². The lowest BCUT2D eigenvalue weighted by molar-refractivity contribution is -0.352. The predicted molar refractivity (Wildman–Crippen MR) is 95.4 cm³/mol. The largest absolute Gasteiger partial charge is 0.508 e. The van der Waals surface area contributed by atoms with E-state index in [0.717, 1.165) is 0 Å². The Morgan fingerprint density at radius 1 is 0.786 bits per heavy atom. The summed E-state index contributed by atoms with van der Waals surface area (Å²) in [4.78, 5) is 0. The van der Waals surface area contributed by atoms with Gasteiger partial charge in [-0.05, 0) is 24.3 Å². The molecule has 2 unspecified atom stereocenters. The quantitative estimate of drug-likeness (QED) is 0.620. The first-order valence-electron chi connectivity index (χ1n) is 9.00. The van der Waals surface area contributed by atoms with Crippen LogP contribution in [0.15, 0.2) is 48.5 Å². The summed E-state index contributed by atoms with van der Waals surface area (Å²) in [5.74, 6) is 0.231. The summed E-state index contributed by atoms with van der Waals surface area (Å²) in [6.45, 7) is -0.353. The highest BCUT2D eigenvalue weighted by molar-refractivity contribution is 5.28. The monoisotopic (exact) mass is 390 g/mol. The molecule has 8 heteroatoms. The first-order valence-corrected chi connectivity index (χ1v) is 9.00. The van der Waals surface area contributed by atoms with Gasteiger partial charge in [0.2, 0.25) is 0 Å². The molecule has 0 amide bonds. The Morgan fingerprint density at radius 2 is 1.36 bits per heavy atom. The zero-order valence-electron chi connectivity index (χ0n) is 14.9. The highest BCUT2D eigenvalue weighted by Crippen LogP contribution is 2.37. The van der Waals surface area contributed by atoms with Crippen LogP contribution in [-0.4, -0.2) is 58.1 Å². The minimum absolute atomic E-state index is 0.0410.